The maximum Gasteiger partial charge on any atom is 0.341 e. The first kappa shape index (κ1) is 15.7. The van der Waals surface area contributed by atoms with Crippen LogP contribution in [-0.2, 0) is 9.47 Å². The number of carbonyl (C=O) groups excluding carboxylic acids is 1. The summed E-state index contributed by atoms with van der Waals surface area (Å²) in [6.45, 7) is 7.66. The van der Waals surface area contributed by atoms with Crippen molar-refractivity contribution in [2.75, 3.05) is 25.1 Å². The monoisotopic (exact) mass is 293 g/mol. The Morgan fingerprint density at radius 1 is 1.52 bits per heavy atom. The molecule has 1 aliphatic rings. The molecular formula is C15H23N3O3. The summed E-state index contributed by atoms with van der Waals surface area (Å²) in [5, 5.41) is 3.24. The predicted octanol–water partition coefficient (Wildman–Crippen LogP) is 2.19. The minimum absolute atomic E-state index is 0.317. The molecule has 0 radical (unpaired) electrons. The van der Waals surface area contributed by atoms with E-state index in [1.807, 2.05) is 0 Å². The molecule has 1 saturated heterocycles. The second-order valence-corrected chi connectivity index (χ2v) is 5.16. The van der Waals surface area contributed by atoms with Gasteiger partial charge in [0.1, 0.15) is 0 Å². The zero-order chi connectivity index (χ0) is 15.2. The van der Waals surface area contributed by atoms with Crippen LogP contribution in [0.2, 0.25) is 0 Å². The highest BCUT2D eigenvalue weighted by Gasteiger charge is 2.26. The summed E-state index contributed by atoms with van der Waals surface area (Å²) in [5.74, 6) is 0.655. The SMILES string of the molecule is CCOC(=O)c1cnc(NCC2CCOC2CC)nc1C. The molecule has 1 N–H and O–H groups in total. The van der Waals surface area contributed by atoms with Gasteiger partial charge in [0, 0.05) is 25.3 Å². The number of aromatic nitrogens is 2. The number of hydrogen-bond acceptors (Lipinski definition) is 6. The topological polar surface area (TPSA) is 73.3 Å². The van der Waals surface area contributed by atoms with Gasteiger partial charge in [-0.3, -0.25) is 0 Å². The van der Waals surface area contributed by atoms with Crippen molar-refractivity contribution in [1.82, 2.24) is 9.97 Å². The van der Waals surface area contributed by atoms with Crippen molar-refractivity contribution < 1.29 is 14.3 Å². The van der Waals surface area contributed by atoms with Gasteiger partial charge in [0.2, 0.25) is 5.95 Å². The van der Waals surface area contributed by atoms with E-state index in [-0.39, 0.29) is 5.97 Å². The molecule has 0 aliphatic carbocycles. The van der Waals surface area contributed by atoms with E-state index >= 15 is 0 Å². The Labute approximate surface area is 125 Å². The summed E-state index contributed by atoms with van der Waals surface area (Å²) >= 11 is 0. The van der Waals surface area contributed by atoms with Crippen LogP contribution >= 0.6 is 0 Å². The molecular weight excluding hydrogens is 270 g/mol. The third kappa shape index (κ3) is 3.91. The fourth-order valence-corrected chi connectivity index (χ4v) is 2.56. The van der Waals surface area contributed by atoms with E-state index in [0.29, 0.717) is 35.8 Å². The normalized spacial score (nSPS) is 21.3. The standard InChI is InChI=1S/C15H23N3O3/c1-4-13-11(6-7-21-13)8-16-15-17-9-12(10(3)18-15)14(19)20-5-2/h9,11,13H,4-8H2,1-3H3,(H,16,17,18). The van der Waals surface area contributed by atoms with Crippen LogP contribution in [0.1, 0.15) is 42.7 Å². The lowest BCUT2D eigenvalue weighted by Crippen LogP contribution is -2.23. The molecule has 0 amide bonds. The summed E-state index contributed by atoms with van der Waals surface area (Å²) in [5.41, 5.74) is 1.04. The van der Waals surface area contributed by atoms with Crippen LogP contribution in [0.3, 0.4) is 0 Å². The highest BCUT2D eigenvalue weighted by Crippen LogP contribution is 2.23. The largest absolute Gasteiger partial charge is 0.462 e. The first-order chi connectivity index (χ1) is 10.2. The Kier molecular flexibility index (Phi) is 5.50. The van der Waals surface area contributed by atoms with Crippen molar-refractivity contribution in [3.8, 4) is 0 Å². The second-order valence-electron chi connectivity index (χ2n) is 5.16. The minimum Gasteiger partial charge on any atom is -0.462 e. The minimum atomic E-state index is -0.378. The van der Waals surface area contributed by atoms with Crippen molar-refractivity contribution in [2.45, 2.75) is 39.7 Å². The molecule has 1 aromatic heterocycles. The fraction of sp³-hybridized carbons (Fsp3) is 0.667. The van der Waals surface area contributed by atoms with Crippen LogP contribution in [0.5, 0.6) is 0 Å². The summed E-state index contributed by atoms with van der Waals surface area (Å²) in [7, 11) is 0. The van der Waals surface area contributed by atoms with Gasteiger partial charge in [-0.25, -0.2) is 14.8 Å². The van der Waals surface area contributed by atoms with Gasteiger partial charge in [0.15, 0.2) is 0 Å². The van der Waals surface area contributed by atoms with Crippen LogP contribution < -0.4 is 5.32 Å². The molecule has 0 bridgehead atoms. The van der Waals surface area contributed by atoms with E-state index in [1.165, 1.54) is 6.20 Å². The van der Waals surface area contributed by atoms with Crippen molar-refractivity contribution in [3.63, 3.8) is 0 Å². The number of esters is 1. The third-order valence-corrected chi connectivity index (χ3v) is 3.75. The number of hydrogen-bond donors (Lipinski definition) is 1. The van der Waals surface area contributed by atoms with Crippen LogP contribution in [-0.4, -0.2) is 41.8 Å². The van der Waals surface area contributed by atoms with Gasteiger partial charge in [-0.2, -0.15) is 0 Å². The van der Waals surface area contributed by atoms with Crippen LogP contribution in [0.15, 0.2) is 6.20 Å². The summed E-state index contributed by atoms with van der Waals surface area (Å²) in [6, 6.07) is 0. The maximum atomic E-state index is 11.7. The smallest absolute Gasteiger partial charge is 0.341 e. The van der Waals surface area contributed by atoms with Gasteiger partial charge in [-0.1, -0.05) is 6.92 Å². The van der Waals surface area contributed by atoms with E-state index in [4.69, 9.17) is 9.47 Å². The van der Waals surface area contributed by atoms with Crippen molar-refractivity contribution in [3.05, 3.63) is 17.5 Å². The Hall–Kier alpha value is -1.69. The molecule has 6 heteroatoms. The second kappa shape index (κ2) is 7.36. The van der Waals surface area contributed by atoms with E-state index in [9.17, 15) is 4.79 Å². The third-order valence-electron chi connectivity index (χ3n) is 3.75. The molecule has 6 nitrogen and oxygen atoms in total. The summed E-state index contributed by atoms with van der Waals surface area (Å²) in [4.78, 5) is 20.2. The van der Waals surface area contributed by atoms with Gasteiger partial charge < -0.3 is 14.8 Å². The molecule has 0 spiro atoms. The van der Waals surface area contributed by atoms with Crippen molar-refractivity contribution in [1.29, 1.82) is 0 Å². The Bertz CT molecular complexity index is 493. The van der Waals surface area contributed by atoms with Gasteiger partial charge in [-0.15, -0.1) is 0 Å². The molecule has 1 fully saturated rings. The molecule has 116 valence electrons. The van der Waals surface area contributed by atoms with Crippen LogP contribution in [0.4, 0.5) is 5.95 Å². The van der Waals surface area contributed by atoms with Crippen LogP contribution in [0.25, 0.3) is 0 Å². The van der Waals surface area contributed by atoms with Gasteiger partial charge in [0.05, 0.1) is 24.0 Å². The molecule has 0 saturated carbocycles. The van der Waals surface area contributed by atoms with Gasteiger partial charge in [-0.05, 0) is 26.7 Å². The van der Waals surface area contributed by atoms with Crippen molar-refractivity contribution in [2.24, 2.45) is 5.92 Å². The predicted molar refractivity (Wildman–Crippen MR) is 79.4 cm³/mol. The van der Waals surface area contributed by atoms with E-state index < -0.39 is 0 Å². The molecule has 21 heavy (non-hydrogen) atoms. The molecule has 2 atom stereocenters. The fourth-order valence-electron chi connectivity index (χ4n) is 2.56. The van der Waals surface area contributed by atoms with E-state index in [2.05, 4.69) is 22.2 Å². The highest BCUT2D eigenvalue weighted by atomic mass is 16.5. The first-order valence-corrected chi connectivity index (χ1v) is 7.51. The van der Waals surface area contributed by atoms with E-state index in [0.717, 1.165) is 26.0 Å². The Morgan fingerprint density at radius 2 is 2.33 bits per heavy atom. The summed E-state index contributed by atoms with van der Waals surface area (Å²) in [6.07, 6.45) is 3.92. The summed E-state index contributed by atoms with van der Waals surface area (Å²) < 4.78 is 10.6. The van der Waals surface area contributed by atoms with Crippen LogP contribution in [0, 0.1) is 12.8 Å². The number of nitrogens with one attached hydrogen (secondary N) is 1. The molecule has 1 aliphatic heterocycles. The number of rotatable bonds is 6. The Balaban J connectivity index is 1.95. The van der Waals surface area contributed by atoms with Gasteiger partial charge in [0.25, 0.3) is 0 Å². The quantitative estimate of drug-likeness (QED) is 0.810. The molecule has 2 rings (SSSR count). The molecule has 2 unspecified atom stereocenters. The van der Waals surface area contributed by atoms with Crippen molar-refractivity contribution >= 4 is 11.9 Å². The number of anilines is 1. The zero-order valence-corrected chi connectivity index (χ0v) is 12.9. The molecule has 1 aromatic rings. The number of nitrogens with zero attached hydrogens (tertiary/aromatic N) is 2. The molecule has 0 aromatic carbocycles. The number of ether oxygens (including phenoxy) is 2. The lowest BCUT2D eigenvalue weighted by atomic mass is 10.00. The first-order valence-electron chi connectivity index (χ1n) is 7.51. The average molecular weight is 293 g/mol. The van der Waals surface area contributed by atoms with Gasteiger partial charge >= 0.3 is 5.97 Å². The maximum absolute atomic E-state index is 11.7. The average Bonchev–Trinajstić information content (AvgIpc) is 2.92. The zero-order valence-electron chi connectivity index (χ0n) is 12.9. The van der Waals surface area contributed by atoms with E-state index in [1.54, 1.807) is 13.8 Å². The number of carbonyl (C=O) groups is 1. The lowest BCUT2D eigenvalue weighted by Gasteiger charge is -2.17. The molecule has 2 heterocycles. The lowest BCUT2D eigenvalue weighted by molar-refractivity contribution is 0.0524. The Morgan fingerprint density at radius 3 is 3.00 bits per heavy atom. The highest BCUT2D eigenvalue weighted by molar-refractivity contribution is 5.90. The number of aryl methyl sites for hydroxylation is 1.